The number of nitrogens with one attached hydrogen (secondary N) is 1. The minimum Gasteiger partial charge on any atom is -0.280 e. The summed E-state index contributed by atoms with van der Waals surface area (Å²) < 4.78 is 23.9. The minimum absolute atomic E-state index is 0.417. The van der Waals surface area contributed by atoms with Crippen LogP contribution in [0, 0.1) is 6.92 Å². The molecule has 0 saturated heterocycles. The lowest BCUT2D eigenvalue weighted by molar-refractivity contribution is 0.606. The molecule has 0 atom stereocenters. The molecule has 66 valence electrons. The molecule has 1 aromatic rings. The van der Waals surface area contributed by atoms with Gasteiger partial charge >= 0.3 is 0 Å². The first-order valence-electron chi connectivity index (χ1n) is 3.23. The zero-order valence-electron chi connectivity index (χ0n) is 6.77. The molecule has 0 aliphatic rings. The summed E-state index contributed by atoms with van der Waals surface area (Å²) in [6, 6.07) is 0. The lowest BCUT2D eigenvalue weighted by Crippen LogP contribution is -2.11. The summed E-state index contributed by atoms with van der Waals surface area (Å²) >= 11 is 0. The van der Waals surface area contributed by atoms with Crippen LogP contribution < -0.4 is 4.72 Å². The number of aryl methyl sites for hydroxylation is 1. The van der Waals surface area contributed by atoms with Crippen molar-refractivity contribution in [3.8, 4) is 0 Å². The van der Waals surface area contributed by atoms with Crippen LogP contribution in [0.15, 0.2) is 12.5 Å². The Morgan fingerprint density at radius 1 is 1.50 bits per heavy atom. The van der Waals surface area contributed by atoms with Gasteiger partial charge in [0.25, 0.3) is 0 Å². The fraction of sp³-hybridized carbons (Fsp3) is 0.333. The molecule has 1 rings (SSSR count). The fourth-order valence-corrected chi connectivity index (χ4v) is 1.29. The Balaban J connectivity index is 2.98. The van der Waals surface area contributed by atoms with Gasteiger partial charge < -0.3 is 0 Å². The van der Waals surface area contributed by atoms with E-state index in [0.717, 1.165) is 6.26 Å². The molecule has 0 amide bonds. The molecular weight excluding hydrogens is 178 g/mol. The van der Waals surface area contributed by atoms with Crippen LogP contribution in [0.3, 0.4) is 0 Å². The number of hydrogen-bond donors (Lipinski definition) is 1. The molecule has 1 aromatic heterocycles. The molecule has 0 unspecified atom stereocenters. The lowest BCUT2D eigenvalue weighted by Gasteiger charge is -2.04. The van der Waals surface area contributed by atoms with Gasteiger partial charge in [-0.15, -0.1) is 0 Å². The molecule has 1 heterocycles. The average Bonchev–Trinajstić information content (AvgIpc) is 1.91. The molecule has 0 spiro atoms. The maximum absolute atomic E-state index is 10.8. The number of anilines is 1. The summed E-state index contributed by atoms with van der Waals surface area (Å²) in [4.78, 5) is 7.52. The van der Waals surface area contributed by atoms with Crippen molar-refractivity contribution in [2.24, 2.45) is 0 Å². The maximum atomic E-state index is 10.8. The molecule has 6 heteroatoms. The summed E-state index contributed by atoms with van der Waals surface area (Å²) in [6.07, 6.45) is 3.87. The van der Waals surface area contributed by atoms with Crippen LogP contribution in [0.2, 0.25) is 0 Å². The molecule has 0 aromatic carbocycles. The number of hydrogen-bond acceptors (Lipinski definition) is 4. The highest BCUT2D eigenvalue weighted by atomic mass is 32.2. The Morgan fingerprint density at radius 3 is 2.67 bits per heavy atom. The Labute approximate surface area is 70.9 Å². The second-order valence-corrected chi connectivity index (χ2v) is 4.14. The molecule has 1 N–H and O–H groups in total. The van der Waals surface area contributed by atoms with E-state index in [0.29, 0.717) is 11.4 Å². The molecule has 0 radical (unpaired) electrons. The zero-order chi connectivity index (χ0) is 9.19. The van der Waals surface area contributed by atoms with Crippen molar-refractivity contribution in [2.45, 2.75) is 6.92 Å². The van der Waals surface area contributed by atoms with Crippen LogP contribution in [0.5, 0.6) is 0 Å². The smallest absolute Gasteiger partial charge is 0.229 e. The van der Waals surface area contributed by atoms with Gasteiger partial charge in [0.2, 0.25) is 10.0 Å². The van der Waals surface area contributed by atoms with Crippen LogP contribution in [0.4, 0.5) is 5.69 Å². The van der Waals surface area contributed by atoms with Gasteiger partial charge in [-0.2, -0.15) is 0 Å². The molecule has 12 heavy (non-hydrogen) atoms. The summed E-state index contributed by atoms with van der Waals surface area (Å²) in [5.41, 5.74) is 1.02. The van der Waals surface area contributed by atoms with Crippen LogP contribution in [-0.2, 0) is 10.0 Å². The van der Waals surface area contributed by atoms with E-state index in [9.17, 15) is 8.42 Å². The first-order chi connectivity index (χ1) is 5.49. The second kappa shape index (κ2) is 3.06. The SMILES string of the molecule is Cc1ncncc1NS(C)(=O)=O. The third-order valence-corrected chi connectivity index (χ3v) is 1.80. The molecule has 0 saturated carbocycles. The molecule has 0 aliphatic heterocycles. The summed E-state index contributed by atoms with van der Waals surface area (Å²) in [7, 11) is -3.23. The van der Waals surface area contributed by atoms with Crippen molar-refractivity contribution in [1.29, 1.82) is 0 Å². The number of aromatic nitrogens is 2. The summed E-state index contributed by atoms with van der Waals surface area (Å²) in [5.74, 6) is 0. The van der Waals surface area contributed by atoms with Gasteiger partial charge in [0.15, 0.2) is 0 Å². The number of rotatable bonds is 2. The highest BCUT2D eigenvalue weighted by Crippen LogP contribution is 2.09. The third kappa shape index (κ3) is 2.46. The molecule has 0 fully saturated rings. The average molecular weight is 187 g/mol. The minimum atomic E-state index is -3.23. The van der Waals surface area contributed by atoms with E-state index in [4.69, 9.17) is 0 Å². The van der Waals surface area contributed by atoms with E-state index in [1.807, 2.05) is 0 Å². The molecule has 0 aliphatic carbocycles. The van der Waals surface area contributed by atoms with Crippen LogP contribution in [-0.4, -0.2) is 24.6 Å². The Morgan fingerprint density at radius 2 is 2.17 bits per heavy atom. The summed E-state index contributed by atoms with van der Waals surface area (Å²) in [5, 5.41) is 0. The first kappa shape index (κ1) is 8.92. The first-order valence-corrected chi connectivity index (χ1v) is 5.12. The van der Waals surface area contributed by atoms with Crippen LogP contribution in [0.1, 0.15) is 5.69 Å². The third-order valence-electron chi connectivity index (χ3n) is 1.21. The van der Waals surface area contributed by atoms with Gasteiger partial charge in [0.1, 0.15) is 6.33 Å². The van der Waals surface area contributed by atoms with Gasteiger partial charge in [-0.1, -0.05) is 0 Å². The predicted molar refractivity (Wildman–Crippen MR) is 45.2 cm³/mol. The summed E-state index contributed by atoms with van der Waals surface area (Å²) in [6.45, 7) is 1.70. The monoisotopic (exact) mass is 187 g/mol. The van der Waals surface area contributed by atoms with E-state index in [1.165, 1.54) is 12.5 Å². The lowest BCUT2D eigenvalue weighted by atomic mass is 10.4. The highest BCUT2D eigenvalue weighted by molar-refractivity contribution is 7.92. The van der Waals surface area contributed by atoms with Gasteiger partial charge in [0, 0.05) is 0 Å². The van der Waals surface area contributed by atoms with E-state index in [-0.39, 0.29) is 0 Å². The van der Waals surface area contributed by atoms with E-state index in [1.54, 1.807) is 6.92 Å². The number of sulfonamides is 1. The van der Waals surface area contributed by atoms with Crippen LogP contribution in [0.25, 0.3) is 0 Å². The van der Waals surface area contributed by atoms with Gasteiger partial charge in [-0.25, -0.2) is 18.4 Å². The van der Waals surface area contributed by atoms with Crippen molar-refractivity contribution < 1.29 is 8.42 Å². The largest absolute Gasteiger partial charge is 0.280 e. The molecule has 0 bridgehead atoms. The fourth-order valence-electron chi connectivity index (χ4n) is 0.691. The van der Waals surface area contributed by atoms with Crippen molar-refractivity contribution in [3.05, 3.63) is 18.2 Å². The van der Waals surface area contributed by atoms with Gasteiger partial charge in [-0.05, 0) is 6.92 Å². The Bertz CT molecular complexity index is 374. The van der Waals surface area contributed by atoms with E-state index < -0.39 is 10.0 Å². The van der Waals surface area contributed by atoms with Crippen LogP contribution >= 0.6 is 0 Å². The standard InChI is InChI=1S/C6H9N3O2S/c1-5-6(3-7-4-8-5)9-12(2,10)11/h3-4,9H,1-2H3. The maximum Gasteiger partial charge on any atom is 0.229 e. The Kier molecular flexibility index (Phi) is 2.27. The van der Waals surface area contributed by atoms with Crippen molar-refractivity contribution >= 4 is 15.7 Å². The second-order valence-electron chi connectivity index (χ2n) is 2.40. The quantitative estimate of drug-likeness (QED) is 0.715. The van der Waals surface area contributed by atoms with E-state index in [2.05, 4.69) is 14.7 Å². The normalized spacial score (nSPS) is 11.2. The van der Waals surface area contributed by atoms with Crippen molar-refractivity contribution in [3.63, 3.8) is 0 Å². The van der Waals surface area contributed by atoms with Gasteiger partial charge in [0.05, 0.1) is 23.8 Å². The number of nitrogens with zero attached hydrogens (tertiary/aromatic N) is 2. The van der Waals surface area contributed by atoms with Crippen molar-refractivity contribution in [1.82, 2.24) is 9.97 Å². The molecule has 5 nitrogen and oxygen atoms in total. The van der Waals surface area contributed by atoms with Gasteiger partial charge in [-0.3, -0.25) is 4.72 Å². The van der Waals surface area contributed by atoms with Crippen molar-refractivity contribution in [2.75, 3.05) is 11.0 Å². The highest BCUT2D eigenvalue weighted by Gasteiger charge is 2.04. The Hall–Kier alpha value is -1.17. The topological polar surface area (TPSA) is 72.0 Å². The zero-order valence-corrected chi connectivity index (χ0v) is 7.59. The predicted octanol–water partition coefficient (Wildman–Crippen LogP) is 0.157. The molecular formula is C6H9N3O2S. The van der Waals surface area contributed by atoms with E-state index >= 15 is 0 Å².